The van der Waals surface area contributed by atoms with Crippen molar-refractivity contribution in [1.29, 1.82) is 0 Å². The Balaban J connectivity index is 1.77. The first-order valence-electron chi connectivity index (χ1n) is 5.98. The van der Waals surface area contributed by atoms with Gasteiger partial charge >= 0.3 is 0 Å². The van der Waals surface area contributed by atoms with Crippen molar-refractivity contribution in [3.05, 3.63) is 6.33 Å². The third kappa shape index (κ3) is 1.80. The van der Waals surface area contributed by atoms with Gasteiger partial charge in [0.05, 0.1) is 12.2 Å². The summed E-state index contributed by atoms with van der Waals surface area (Å²) in [7, 11) is 1.94. The number of morpholine rings is 1. The zero-order chi connectivity index (χ0) is 11.1. The van der Waals surface area contributed by atoms with Gasteiger partial charge < -0.3 is 9.64 Å². The first kappa shape index (κ1) is 10.1. The second kappa shape index (κ2) is 3.73. The molecule has 5 heteroatoms. The number of nitrogens with zero attached hydrogens (tertiary/aromatic N) is 4. The number of rotatable bonds is 2. The normalized spacial score (nSPS) is 30.8. The third-order valence-corrected chi connectivity index (χ3v) is 3.40. The number of hydrogen-bond acceptors (Lipinski definition) is 4. The first-order chi connectivity index (χ1) is 7.74. The summed E-state index contributed by atoms with van der Waals surface area (Å²) in [4.78, 5) is 6.61. The quantitative estimate of drug-likeness (QED) is 0.743. The molecule has 2 atom stereocenters. The smallest absolute Gasteiger partial charge is 0.223 e. The monoisotopic (exact) mass is 222 g/mol. The molecule has 2 heterocycles. The van der Waals surface area contributed by atoms with Crippen molar-refractivity contribution in [2.75, 3.05) is 18.0 Å². The van der Waals surface area contributed by atoms with Crippen molar-refractivity contribution in [2.45, 2.75) is 32.0 Å². The molecule has 2 aliphatic rings. The number of anilines is 1. The average molecular weight is 222 g/mol. The van der Waals surface area contributed by atoms with Gasteiger partial charge in [-0.25, -0.2) is 4.68 Å². The van der Waals surface area contributed by atoms with Gasteiger partial charge in [-0.15, -0.1) is 0 Å². The van der Waals surface area contributed by atoms with Crippen molar-refractivity contribution >= 4 is 5.95 Å². The van der Waals surface area contributed by atoms with E-state index in [2.05, 4.69) is 21.9 Å². The highest BCUT2D eigenvalue weighted by Gasteiger charge is 2.38. The Kier molecular flexibility index (Phi) is 2.35. The van der Waals surface area contributed by atoms with Crippen molar-refractivity contribution in [1.82, 2.24) is 14.8 Å². The highest BCUT2D eigenvalue weighted by atomic mass is 16.5. The summed E-state index contributed by atoms with van der Waals surface area (Å²) >= 11 is 0. The Morgan fingerprint density at radius 2 is 2.19 bits per heavy atom. The SMILES string of the molecule is C[C@H]1CN(c2ncnn2C)C[C@H](C2CC2)O1. The summed E-state index contributed by atoms with van der Waals surface area (Å²) in [6, 6.07) is 0. The lowest BCUT2D eigenvalue weighted by atomic mass is 10.1. The minimum absolute atomic E-state index is 0.288. The standard InChI is InChI=1S/C11H18N4O/c1-8-5-15(11-12-7-13-14(11)2)6-10(16-8)9-3-4-9/h7-10H,3-6H2,1-2H3/t8-,10+/m0/s1. The van der Waals surface area contributed by atoms with Gasteiger partial charge in [0.25, 0.3) is 0 Å². The Morgan fingerprint density at radius 1 is 1.38 bits per heavy atom. The van der Waals surface area contributed by atoms with E-state index < -0.39 is 0 Å². The summed E-state index contributed by atoms with van der Waals surface area (Å²) in [5.41, 5.74) is 0. The predicted molar refractivity (Wildman–Crippen MR) is 60.3 cm³/mol. The molecule has 16 heavy (non-hydrogen) atoms. The van der Waals surface area contributed by atoms with E-state index in [1.807, 2.05) is 11.7 Å². The van der Waals surface area contributed by atoms with Crippen LogP contribution >= 0.6 is 0 Å². The molecule has 88 valence electrons. The summed E-state index contributed by atoms with van der Waals surface area (Å²) in [5.74, 6) is 1.74. The zero-order valence-electron chi connectivity index (χ0n) is 9.83. The first-order valence-corrected chi connectivity index (χ1v) is 5.98. The molecule has 0 spiro atoms. The molecule has 0 amide bonds. The van der Waals surface area contributed by atoms with Crippen LogP contribution in [0.15, 0.2) is 6.33 Å². The van der Waals surface area contributed by atoms with Crippen LogP contribution in [0.4, 0.5) is 5.95 Å². The van der Waals surface area contributed by atoms with Gasteiger partial charge in [0.15, 0.2) is 0 Å². The van der Waals surface area contributed by atoms with E-state index in [4.69, 9.17) is 4.74 Å². The predicted octanol–water partition coefficient (Wildman–Crippen LogP) is 0.819. The van der Waals surface area contributed by atoms with Gasteiger partial charge in [-0.05, 0) is 25.7 Å². The fourth-order valence-corrected chi connectivity index (χ4v) is 2.45. The van der Waals surface area contributed by atoms with Crippen LogP contribution in [0.1, 0.15) is 19.8 Å². The summed E-state index contributed by atoms with van der Waals surface area (Å²) in [6.45, 7) is 4.01. The van der Waals surface area contributed by atoms with Crippen molar-refractivity contribution < 1.29 is 4.74 Å². The Hall–Kier alpha value is -1.10. The van der Waals surface area contributed by atoms with Crippen LogP contribution in [0.2, 0.25) is 0 Å². The molecule has 0 bridgehead atoms. The molecule has 1 aliphatic carbocycles. The lowest BCUT2D eigenvalue weighted by Crippen LogP contribution is -2.48. The maximum Gasteiger partial charge on any atom is 0.223 e. The van der Waals surface area contributed by atoms with Gasteiger partial charge in [-0.1, -0.05) is 0 Å². The maximum atomic E-state index is 5.98. The molecule has 0 radical (unpaired) electrons. The van der Waals surface area contributed by atoms with Gasteiger partial charge in [0.2, 0.25) is 5.95 Å². The van der Waals surface area contributed by atoms with E-state index in [1.54, 1.807) is 6.33 Å². The van der Waals surface area contributed by atoms with Gasteiger partial charge in [-0.3, -0.25) is 0 Å². The average Bonchev–Trinajstić information content (AvgIpc) is 3.01. The summed E-state index contributed by atoms with van der Waals surface area (Å²) in [5, 5.41) is 4.13. The largest absolute Gasteiger partial charge is 0.371 e. The molecule has 2 fully saturated rings. The third-order valence-electron chi connectivity index (χ3n) is 3.40. The minimum Gasteiger partial charge on any atom is -0.371 e. The van der Waals surface area contributed by atoms with Crippen molar-refractivity contribution in [3.8, 4) is 0 Å². The molecule has 1 saturated carbocycles. The Morgan fingerprint density at radius 3 is 2.81 bits per heavy atom. The van der Waals surface area contributed by atoms with Crippen molar-refractivity contribution in [3.63, 3.8) is 0 Å². The number of hydrogen-bond donors (Lipinski definition) is 0. The number of aryl methyl sites for hydroxylation is 1. The van der Waals surface area contributed by atoms with Crippen LogP contribution in [-0.4, -0.2) is 40.1 Å². The van der Waals surface area contributed by atoms with E-state index in [0.717, 1.165) is 25.0 Å². The van der Waals surface area contributed by atoms with Crippen molar-refractivity contribution in [2.24, 2.45) is 13.0 Å². The highest BCUT2D eigenvalue weighted by molar-refractivity contribution is 5.30. The topological polar surface area (TPSA) is 43.2 Å². The van der Waals surface area contributed by atoms with E-state index in [-0.39, 0.29) is 6.10 Å². The van der Waals surface area contributed by atoms with Gasteiger partial charge in [-0.2, -0.15) is 10.1 Å². The van der Waals surface area contributed by atoms with E-state index in [1.165, 1.54) is 12.8 Å². The molecular formula is C11H18N4O. The molecule has 5 nitrogen and oxygen atoms in total. The van der Waals surface area contributed by atoms with E-state index in [9.17, 15) is 0 Å². The lowest BCUT2D eigenvalue weighted by Gasteiger charge is -2.37. The molecule has 0 aromatic carbocycles. The van der Waals surface area contributed by atoms with E-state index >= 15 is 0 Å². The fraction of sp³-hybridized carbons (Fsp3) is 0.818. The zero-order valence-corrected chi connectivity index (χ0v) is 9.83. The van der Waals surface area contributed by atoms with Gasteiger partial charge in [0.1, 0.15) is 6.33 Å². The number of ether oxygens (including phenoxy) is 1. The highest BCUT2D eigenvalue weighted by Crippen LogP contribution is 2.37. The van der Waals surface area contributed by atoms with E-state index in [0.29, 0.717) is 6.10 Å². The van der Waals surface area contributed by atoms with Crippen LogP contribution in [0.3, 0.4) is 0 Å². The maximum absolute atomic E-state index is 5.98. The second-order valence-electron chi connectivity index (χ2n) is 4.91. The summed E-state index contributed by atoms with van der Waals surface area (Å²) in [6.07, 6.45) is 4.94. The lowest BCUT2D eigenvalue weighted by molar-refractivity contribution is -0.0277. The fourth-order valence-electron chi connectivity index (χ4n) is 2.45. The molecule has 1 aromatic rings. The molecule has 1 aliphatic heterocycles. The van der Waals surface area contributed by atoms with Crippen LogP contribution in [0.25, 0.3) is 0 Å². The minimum atomic E-state index is 0.288. The van der Waals surface area contributed by atoms with Crippen LogP contribution in [0, 0.1) is 5.92 Å². The molecular weight excluding hydrogens is 204 g/mol. The van der Waals surface area contributed by atoms with Crippen LogP contribution in [-0.2, 0) is 11.8 Å². The van der Waals surface area contributed by atoms with Crippen LogP contribution in [0.5, 0.6) is 0 Å². The number of aromatic nitrogens is 3. The molecule has 1 saturated heterocycles. The second-order valence-corrected chi connectivity index (χ2v) is 4.91. The molecule has 3 rings (SSSR count). The Bertz CT molecular complexity index is 374. The van der Waals surface area contributed by atoms with Gasteiger partial charge in [0, 0.05) is 20.1 Å². The molecule has 1 aromatic heterocycles. The molecule has 0 unspecified atom stereocenters. The van der Waals surface area contributed by atoms with Crippen LogP contribution < -0.4 is 4.90 Å². The summed E-state index contributed by atoms with van der Waals surface area (Å²) < 4.78 is 7.81. The molecule has 0 N–H and O–H groups in total. The Labute approximate surface area is 95.4 Å².